The summed E-state index contributed by atoms with van der Waals surface area (Å²) in [6, 6.07) is 2.17. The molecule has 1 saturated heterocycles. The predicted octanol–water partition coefficient (Wildman–Crippen LogP) is 1.84. The molecular formula is C19H23N7O. The minimum Gasteiger partial charge on any atom is -0.486 e. The van der Waals surface area contributed by atoms with Crippen LogP contribution in [-0.2, 0) is 0 Å². The van der Waals surface area contributed by atoms with Crippen LogP contribution in [-0.4, -0.2) is 59.0 Å². The van der Waals surface area contributed by atoms with Crippen molar-refractivity contribution >= 4 is 34.0 Å². The van der Waals surface area contributed by atoms with Crippen molar-refractivity contribution < 1.29 is 4.74 Å². The molecule has 2 aliphatic rings. The molecule has 0 saturated carbocycles. The Kier molecular flexibility index (Phi) is 3.86. The van der Waals surface area contributed by atoms with Gasteiger partial charge < -0.3 is 20.8 Å². The molecule has 0 aliphatic carbocycles. The number of nitrogens with one attached hydrogen (secondary N) is 2. The number of rotatable bonds is 3. The number of nitrogens with two attached hydrogens (primary N) is 1. The number of ether oxygens (including phenoxy) is 1. The highest BCUT2D eigenvalue weighted by molar-refractivity contribution is 6.10. The number of aromatic nitrogens is 3. The maximum absolute atomic E-state index is 6.34. The quantitative estimate of drug-likeness (QED) is 0.654. The Hall–Kier alpha value is -2.87. The molecule has 5 heterocycles. The molecule has 8 nitrogen and oxygen atoms in total. The third-order valence-electron chi connectivity index (χ3n) is 5.40. The largest absolute Gasteiger partial charge is 0.486 e. The van der Waals surface area contributed by atoms with Crippen LogP contribution in [0.25, 0.3) is 21.9 Å². The second-order valence-corrected chi connectivity index (χ2v) is 7.33. The van der Waals surface area contributed by atoms with Gasteiger partial charge in [0.1, 0.15) is 11.8 Å². The Bertz CT molecular complexity index is 1020. The number of H-pyrrole nitrogens is 1. The molecule has 0 bridgehead atoms. The fourth-order valence-electron chi connectivity index (χ4n) is 3.94. The minimum atomic E-state index is 0.151. The van der Waals surface area contributed by atoms with Crippen LogP contribution < -0.4 is 15.8 Å². The van der Waals surface area contributed by atoms with E-state index in [-0.39, 0.29) is 12.0 Å². The second-order valence-electron chi connectivity index (χ2n) is 7.33. The lowest BCUT2D eigenvalue weighted by atomic mass is 10.0. The number of aromatic amines is 1. The number of piperidine rings is 1. The van der Waals surface area contributed by atoms with Crippen molar-refractivity contribution in [1.29, 1.82) is 0 Å². The Labute approximate surface area is 156 Å². The highest BCUT2D eigenvalue weighted by Crippen LogP contribution is 2.37. The maximum atomic E-state index is 6.34. The van der Waals surface area contributed by atoms with E-state index in [2.05, 4.69) is 31.4 Å². The molecule has 3 aromatic heterocycles. The number of fused-ring (bicyclic) bond motifs is 3. The predicted molar refractivity (Wildman–Crippen MR) is 106 cm³/mol. The van der Waals surface area contributed by atoms with Gasteiger partial charge in [0.05, 0.1) is 17.1 Å². The van der Waals surface area contributed by atoms with Crippen LogP contribution in [0.5, 0.6) is 5.75 Å². The summed E-state index contributed by atoms with van der Waals surface area (Å²) in [7, 11) is 1.98. The number of hydrazone groups is 1. The van der Waals surface area contributed by atoms with Crippen molar-refractivity contribution in [3.8, 4) is 5.75 Å². The molecule has 2 aliphatic heterocycles. The first-order valence-electron chi connectivity index (χ1n) is 9.37. The van der Waals surface area contributed by atoms with E-state index >= 15 is 0 Å². The maximum Gasteiger partial charge on any atom is 0.171 e. The van der Waals surface area contributed by atoms with Gasteiger partial charge in [-0.15, -0.1) is 0 Å². The molecule has 1 atom stereocenters. The zero-order chi connectivity index (χ0) is 18.4. The lowest BCUT2D eigenvalue weighted by molar-refractivity contribution is 0.165. The van der Waals surface area contributed by atoms with Gasteiger partial charge in [-0.05, 0) is 37.6 Å². The summed E-state index contributed by atoms with van der Waals surface area (Å²) in [6.45, 7) is 2.78. The van der Waals surface area contributed by atoms with Gasteiger partial charge in [0.25, 0.3) is 0 Å². The summed E-state index contributed by atoms with van der Waals surface area (Å²) >= 11 is 0. The smallest absolute Gasteiger partial charge is 0.171 e. The van der Waals surface area contributed by atoms with Gasteiger partial charge in [0.15, 0.2) is 11.6 Å². The first-order valence-corrected chi connectivity index (χ1v) is 9.37. The minimum absolute atomic E-state index is 0.151. The van der Waals surface area contributed by atoms with Crippen LogP contribution in [0, 0.1) is 0 Å². The van der Waals surface area contributed by atoms with Crippen LogP contribution in [0.15, 0.2) is 23.6 Å². The Morgan fingerprint density at radius 1 is 1.22 bits per heavy atom. The number of pyridine rings is 2. The molecular weight excluding hydrogens is 342 g/mol. The zero-order valence-corrected chi connectivity index (χ0v) is 15.3. The van der Waals surface area contributed by atoms with Crippen molar-refractivity contribution in [1.82, 2.24) is 25.3 Å². The van der Waals surface area contributed by atoms with Crippen molar-refractivity contribution in [3.63, 3.8) is 0 Å². The highest BCUT2D eigenvalue weighted by atomic mass is 16.5. The number of nitrogens with zero attached hydrogens (tertiary/aromatic N) is 4. The van der Waals surface area contributed by atoms with Gasteiger partial charge in [-0.25, -0.2) is 9.97 Å². The Balaban J connectivity index is 1.62. The van der Waals surface area contributed by atoms with Crippen molar-refractivity contribution in [2.75, 3.05) is 32.4 Å². The lowest BCUT2D eigenvalue weighted by Gasteiger charge is -2.24. The van der Waals surface area contributed by atoms with Gasteiger partial charge in [0.2, 0.25) is 0 Å². The molecule has 5 rings (SSSR count). The van der Waals surface area contributed by atoms with E-state index in [4.69, 9.17) is 10.5 Å². The van der Waals surface area contributed by atoms with Crippen LogP contribution in [0.1, 0.15) is 24.3 Å². The Morgan fingerprint density at radius 2 is 2.07 bits per heavy atom. The molecule has 0 spiro atoms. The van der Waals surface area contributed by atoms with Crippen molar-refractivity contribution in [3.05, 3.63) is 24.0 Å². The van der Waals surface area contributed by atoms with Crippen LogP contribution in [0.2, 0.25) is 0 Å². The van der Waals surface area contributed by atoms with Crippen molar-refractivity contribution in [2.45, 2.75) is 24.9 Å². The number of likely N-dealkylation sites (N-methyl/N-ethyl adjacent to an activating group) is 1. The van der Waals surface area contributed by atoms with Gasteiger partial charge in [-0.2, -0.15) is 5.10 Å². The topological polar surface area (TPSA) is 104 Å². The van der Waals surface area contributed by atoms with Gasteiger partial charge in [-0.1, -0.05) is 0 Å². The summed E-state index contributed by atoms with van der Waals surface area (Å²) in [5.74, 6) is 1.33. The average Bonchev–Trinajstić information content (AvgIpc) is 3.28. The molecule has 4 N–H and O–H groups in total. The first kappa shape index (κ1) is 16.3. The number of hydrogen-bond acceptors (Lipinski definition) is 7. The molecule has 1 fully saturated rings. The van der Waals surface area contributed by atoms with Gasteiger partial charge in [0, 0.05) is 37.3 Å². The summed E-state index contributed by atoms with van der Waals surface area (Å²) in [5, 5.41) is 11.6. The summed E-state index contributed by atoms with van der Waals surface area (Å²) in [5.41, 5.74) is 9.07. The molecule has 140 valence electrons. The molecule has 1 unspecified atom stereocenters. The zero-order valence-electron chi connectivity index (χ0n) is 15.3. The van der Waals surface area contributed by atoms with E-state index < -0.39 is 0 Å². The summed E-state index contributed by atoms with van der Waals surface area (Å²) in [4.78, 5) is 12.3. The molecule has 0 amide bonds. The number of hydrogen-bond donors (Lipinski definition) is 3. The van der Waals surface area contributed by atoms with Crippen molar-refractivity contribution in [2.24, 2.45) is 5.10 Å². The van der Waals surface area contributed by atoms with Crippen LogP contribution >= 0.6 is 0 Å². The van der Waals surface area contributed by atoms with E-state index in [9.17, 15) is 0 Å². The van der Waals surface area contributed by atoms with Crippen LogP contribution in [0.3, 0.4) is 0 Å². The van der Waals surface area contributed by atoms with E-state index in [0.717, 1.165) is 60.0 Å². The SMILES string of the molecule is CN1CC(c2cnc3[nH]c4cnc(N)c(OC5CCNCC5)c4c3c2)C=N1. The molecule has 3 aromatic rings. The molecule has 27 heavy (non-hydrogen) atoms. The second kappa shape index (κ2) is 6.38. The Morgan fingerprint density at radius 3 is 2.85 bits per heavy atom. The van der Waals surface area contributed by atoms with Gasteiger partial charge in [-0.3, -0.25) is 5.01 Å². The van der Waals surface area contributed by atoms with E-state index in [1.807, 2.05) is 24.5 Å². The molecule has 0 aromatic carbocycles. The van der Waals surface area contributed by atoms with E-state index in [1.165, 1.54) is 0 Å². The normalized spacial score (nSPS) is 20.8. The summed E-state index contributed by atoms with van der Waals surface area (Å²) < 4.78 is 6.34. The van der Waals surface area contributed by atoms with E-state index in [1.54, 1.807) is 6.20 Å². The standard InChI is InChI=1S/C19H23N7O/c1-26-10-12(8-24-26)11-6-14-16-15(25-19(14)23-7-11)9-22-18(20)17(16)27-13-2-4-21-5-3-13/h6-9,12-13,21H,2-5,10H2,1H3,(H2,20,22)(H,23,25). The molecule has 8 heteroatoms. The third kappa shape index (κ3) is 2.86. The van der Waals surface area contributed by atoms with E-state index in [0.29, 0.717) is 11.6 Å². The summed E-state index contributed by atoms with van der Waals surface area (Å²) in [6.07, 6.45) is 7.72. The fraction of sp³-hybridized carbons (Fsp3) is 0.421. The first-order chi connectivity index (χ1) is 13.2. The van der Waals surface area contributed by atoms with Crippen LogP contribution in [0.4, 0.5) is 5.82 Å². The monoisotopic (exact) mass is 365 g/mol. The third-order valence-corrected chi connectivity index (χ3v) is 5.40. The fourth-order valence-corrected chi connectivity index (χ4v) is 3.94. The number of nitrogen functional groups attached to an aromatic ring is 1. The number of anilines is 1. The highest BCUT2D eigenvalue weighted by Gasteiger charge is 2.22. The molecule has 0 radical (unpaired) electrons. The average molecular weight is 365 g/mol. The van der Waals surface area contributed by atoms with Gasteiger partial charge >= 0.3 is 0 Å². The lowest BCUT2D eigenvalue weighted by Crippen LogP contribution is -2.34.